The summed E-state index contributed by atoms with van der Waals surface area (Å²) in [7, 11) is 0. The molecule has 4 rings (SSSR count). The molecule has 0 saturated carbocycles. The maximum atomic E-state index is 13.2. The Hall–Kier alpha value is -3.20. The molecular formula is C23H22F3N3O3. The average Bonchev–Trinajstić information content (AvgIpc) is 2.78. The van der Waals surface area contributed by atoms with E-state index in [2.05, 4.69) is 4.98 Å². The van der Waals surface area contributed by atoms with Crippen molar-refractivity contribution in [3.8, 4) is 11.1 Å². The van der Waals surface area contributed by atoms with Crippen LogP contribution in [0.4, 0.5) is 13.2 Å². The van der Waals surface area contributed by atoms with Crippen LogP contribution in [0.1, 0.15) is 42.2 Å². The molecule has 32 heavy (non-hydrogen) atoms. The van der Waals surface area contributed by atoms with Crippen LogP contribution in [0.3, 0.4) is 0 Å². The first-order valence-electron chi connectivity index (χ1n) is 10.3. The molecule has 1 atom stereocenters. The summed E-state index contributed by atoms with van der Waals surface area (Å²) in [5.74, 6) is -0.213. The lowest BCUT2D eigenvalue weighted by atomic mass is 9.90. The van der Waals surface area contributed by atoms with Crippen LogP contribution in [0.5, 0.6) is 0 Å². The summed E-state index contributed by atoms with van der Waals surface area (Å²) in [5.41, 5.74) is -1.81. The molecule has 1 saturated heterocycles. The zero-order valence-electron chi connectivity index (χ0n) is 17.4. The van der Waals surface area contributed by atoms with Crippen molar-refractivity contribution in [1.29, 1.82) is 0 Å². The molecule has 6 nitrogen and oxygen atoms in total. The van der Waals surface area contributed by atoms with Gasteiger partial charge in [0.1, 0.15) is 5.65 Å². The van der Waals surface area contributed by atoms with Gasteiger partial charge in [-0.3, -0.25) is 14.0 Å². The van der Waals surface area contributed by atoms with Crippen molar-refractivity contribution in [2.45, 2.75) is 38.0 Å². The van der Waals surface area contributed by atoms with Crippen molar-refractivity contribution in [3.05, 3.63) is 70.3 Å². The van der Waals surface area contributed by atoms with E-state index in [1.807, 2.05) is 6.92 Å². The Kier molecular flexibility index (Phi) is 5.54. The highest BCUT2D eigenvalue weighted by Gasteiger charge is 2.35. The van der Waals surface area contributed by atoms with E-state index in [4.69, 9.17) is 0 Å². The van der Waals surface area contributed by atoms with Gasteiger partial charge in [-0.05, 0) is 49.1 Å². The number of nitrogens with zero attached hydrogens (tertiary/aromatic N) is 3. The Morgan fingerprint density at radius 2 is 1.94 bits per heavy atom. The minimum Gasteiger partial charge on any atom is -0.388 e. The molecule has 1 aliphatic heterocycles. The Balaban J connectivity index is 1.68. The van der Waals surface area contributed by atoms with Crippen LogP contribution in [0.2, 0.25) is 0 Å². The number of pyridine rings is 1. The van der Waals surface area contributed by atoms with Gasteiger partial charge < -0.3 is 10.0 Å². The van der Waals surface area contributed by atoms with Gasteiger partial charge in [-0.25, -0.2) is 4.98 Å². The fourth-order valence-electron chi connectivity index (χ4n) is 4.04. The highest BCUT2D eigenvalue weighted by molar-refractivity contribution is 5.95. The molecular weight excluding hydrogens is 423 g/mol. The molecule has 0 radical (unpaired) electrons. The second-order valence-corrected chi connectivity index (χ2v) is 8.08. The summed E-state index contributed by atoms with van der Waals surface area (Å²) in [6.07, 6.45) is -1.46. The molecule has 1 unspecified atom stereocenters. The fourth-order valence-corrected chi connectivity index (χ4v) is 4.04. The summed E-state index contributed by atoms with van der Waals surface area (Å²) >= 11 is 0. The number of aromatic nitrogens is 2. The van der Waals surface area contributed by atoms with Crippen LogP contribution >= 0.6 is 0 Å². The molecule has 1 fully saturated rings. The van der Waals surface area contributed by atoms with Crippen LogP contribution in [-0.4, -0.2) is 44.0 Å². The van der Waals surface area contributed by atoms with E-state index < -0.39 is 23.0 Å². The maximum absolute atomic E-state index is 13.2. The first-order chi connectivity index (χ1) is 15.1. The number of fused-ring (bicyclic) bond motifs is 1. The zero-order valence-corrected chi connectivity index (χ0v) is 17.4. The van der Waals surface area contributed by atoms with Gasteiger partial charge in [-0.1, -0.05) is 19.1 Å². The molecule has 0 spiro atoms. The number of likely N-dealkylation sites (tertiary alicyclic amines) is 1. The van der Waals surface area contributed by atoms with Crippen LogP contribution < -0.4 is 5.56 Å². The van der Waals surface area contributed by atoms with Crippen LogP contribution in [0, 0.1) is 0 Å². The summed E-state index contributed by atoms with van der Waals surface area (Å²) in [6.45, 7) is 2.70. The van der Waals surface area contributed by atoms with Gasteiger partial charge in [-0.15, -0.1) is 0 Å². The first-order valence-corrected chi connectivity index (χ1v) is 10.3. The monoisotopic (exact) mass is 445 g/mol. The summed E-state index contributed by atoms with van der Waals surface area (Å²) in [4.78, 5) is 30.4. The minimum absolute atomic E-state index is 0.115. The maximum Gasteiger partial charge on any atom is 0.433 e. The lowest BCUT2D eigenvalue weighted by Gasteiger charge is -2.38. The lowest BCUT2D eigenvalue weighted by molar-refractivity contribution is -0.141. The largest absolute Gasteiger partial charge is 0.433 e. The number of hydrogen-bond donors (Lipinski definition) is 1. The predicted molar refractivity (Wildman–Crippen MR) is 112 cm³/mol. The highest BCUT2D eigenvalue weighted by atomic mass is 19.4. The van der Waals surface area contributed by atoms with E-state index in [0.29, 0.717) is 48.6 Å². The van der Waals surface area contributed by atoms with Gasteiger partial charge in [0.2, 0.25) is 0 Å². The van der Waals surface area contributed by atoms with Gasteiger partial charge in [0.25, 0.3) is 11.5 Å². The number of carbonyl (C=O) groups is 1. The first kappa shape index (κ1) is 22.0. The number of aliphatic hydroxyl groups is 1. The standard InChI is InChI=1S/C23H22F3N3O3/c1-2-22(32)10-4-11-28(14-22)21(31)16-8-6-15(7-9-16)17-5-3-12-29-19(30)13-18(23(24,25)26)27-20(17)29/h3,5-9,12-13,32H,2,4,10-11,14H2,1H3. The van der Waals surface area contributed by atoms with Gasteiger partial charge in [-0.2, -0.15) is 13.2 Å². The summed E-state index contributed by atoms with van der Waals surface area (Å²) in [5, 5.41) is 10.5. The molecule has 0 bridgehead atoms. The van der Waals surface area contributed by atoms with Crippen LogP contribution in [0.15, 0.2) is 53.5 Å². The SMILES string of the molecule is CCC1(O)CCCN(C(=O)c2ccc(-c3cccn4c(=O)cc(C(F)(F)F)nc34)cc2)C1. The molecule has 0 aliphatic carbocycles. The number of rotatable bonds is 3. The number of carbonyl (C=O) groups excluding carboxylic acids is 1. The van der Waals surface area contributed by atoms with Crippen molar-refractivity contribution in [1.82, 2.24) is 14.3 Å². The van der Waals surface area contributed by atoms with Crippen molar-refractivity contribution in [2.75, 3.05) is 13.1 Å². The number of hydrogen-bond acceptors (Lipinski definition) is 4. The van der Waals surface area contributed by atoms with E-state index in [-0.39, 0.29) is 18.1 Å². The third-order valence-corrected chi connectivity index (χ3v) is 5.93. The molecule has 168 valence electrons. The van der Waals surface area contributed by atoms with E-state index in [9.17, 15) is 27.9 Å². The minimum atomic E-state index is -4.74. The third-order valence-electron chi connectivity index (χ3n) is 5.93. The van der Waals surface area contributed by atoms with Crippen molar-refractivity contribution >= 4 is 11.6 Å². The normalized spacial score (nSPS) is 19.3. The predicted octanol–water partition coefficient (Wildman–Crippen LogP) is 3.76. The Morgan fingerprint density at radius 1 is 1.22 bits per heavy atom. The third kappa shape index (κ3) is 4.12. The number of benzene rings is 1. The Labute approximate surface area is 181 Å². The summed E-state index contributed by atoms with van der Waals surface area (Å²) in [6, 6.07) is 10.0. The van der Waals surface area contributed by atoms with Crippen molar-refractivity contribution < 1.29 is 23.1 Å². The van der Waals surface area contributed by atoms with E-state index in [1.165, 1.54) is 6.20 Å². The Bertz CT molecular complexity index is 1220. The fraction of sp³-hybridized carbons (Fsp3) is 0.348. The molecule has 2 aromatic heterocycles. The Morgan fingerprint density at radius 3 is 2.59 bits per heavy atom. The quantitative estimate of drug-likeness (QED) is 0.666. The highest BCUT2D eigenvalue weighted by Crippen LogP contribution is 2.30. The molecule has 1 amide bonds. The molecule has 1 aliphatic rings. The van der Waals surface area contributed by atoms with E-state index >= 15 is 0 Å². The topological polar surface area (TPSA) is 74.9 Å². The van der Waals surface area contributed by atoms with Gasteiger partial charge >= 0.3 is 6.18 Å². The van der Waals surface area contributed by atoms with E-state index in [0.717, 1.165) is 4.40 Å². The molecule has 1 N–H and O–H groups in total. The number of halogens is 3. The number of piperidine rings is 1. The smallest absolute Gasteiger partial charge is 0.388 e. The zero-order chi connectivity index (χ0) is 23.1. The number of amides is 1. The van der Waals surface area contributed by atoms with Crippen LogP contribution in [0.25, 0.3) is 16.8 Å². The average molecular weight is 445 g/mol. The lowest BCUT2D eigenvalue weighted by Crippen LogP contribution is -2.49. The second-order valence-electron chi connectivity index (χ2n) is 8.08. The number of β-amino-alcohol motifs (C(OH)–C–C–N with tert-alkyl or cyclic N) is 1. The van der Waals surface area contributed by atoms with E-state index in [1.54, 1.807) is 41.3 Å². The van der Waals surface area contributed by atoms with Gasteiger partial charge in [0.15, 0.2) is 5.69 Å². The van der Waals surface area contributed by atoms with Crippen molar-refractivity contribution in [2.24, 2.45) is 0 Å². The molecule has 1 aromatic carbocycles. The molecule has 9 heteroatoms. The molecule has 3 aromatic rings. The second kappa shape index (κ2) is 8.05. The van der Waals surface area contributed by atoms with Crippen molar-refractivity contribution in [3.63, 3.8) is 0 Å². The van der Waals surface area contributed by atoms with Crippen LogP contribution in [-0.2, 0) is 6.18 Å². The number of alkyl halides is 3. The van der Waals surface area contributed by atoms with Gasteiger partial charge in [0, 0.05) is 36.5 Å². The van der Waals surface area contributed by atoms with Gasteiger partial charge in [0.05, 0.1) is 5.60 Å². The molecule has 3 heterocycles. The summed E-state index contributed by atoms with van der Waals surface area (Å²) < 4.78 is 40.5.